The molecule has 2 heteroatoms. The van der Waals surface area contributed by atoms with Gasteiger partial charge in [0.15, 0.2) is 0 Å². The van der Waals surface area contributed by atoms with Gasteiger partial charge >= 0.3 is 0 Å². The van der Waals surface area contributed by atoms with Crippen molar-refractivity contribution < 1.29 is 0 Å². The average Bonchev–Trinajstić information content (AvgIpc) is 2.23. The summed E-state index contributed by atoms with van der Waals surface area (Å²) in [6.45, 7) is 14.0. The number of hydrogen-bond acceptors (Lipinski definition) is 2. The van der Waals surface area contributed by atoms with Crippen LogP contribution in [0.4, 0.5) is 5.69 Å². The summed E-state index contributed by atoms with van der Waals surface area (Å²) in [5, 5.41) is 0. The van der Waals surface area contributed by atoms with Crippen molar-refractivity contribution in [3.63, 3.8) is 0 Å². The Hall–Kier alpha value is -1.02. The third kappa shape index (κ3) is 3.49. The van der Waals surface area contributed by atoms with Crippen LogP contribution in [0.1, 0.15) is 42.5 Å². The van der Waals surface area contributed by atoms with Crippen molar-refractivity contribution in [1.29, 1.82) is 0 Å². The highest BCUT2D eigenvalue weighted by Gasteiger charge is 2.16. The molecule has 1 aromatic rings. The second-order valence-electron chi connectivity index (χ2n) is 6.27. The van der Waals surface area contributed by atoms with Crippen LogP contribution in [0.25, 0.3) is 0 Å². The summed E-state index contributed by atoms with van der Waals surface area (Å²) in [5.41, 5.74) is 12.8. The molecule has 0 amide bonds. The molecule has 0 fully saturated rings. The molecule has 18 heavy (non-hydrogen) atoms. The van der Waals surface area contributed by atoms with Crippen molar-refractivity contribution in [1.82, 2.24) is 0 Å². The van der Waals surface area contributed by atoms with Crippen molar-refractivity contribution in [2.45, 2.75) is 53.5 Å². The molecule has 2 N–H and O–H groups in total. The topological polar surface area (TPSA) is 29.3 Å². The Kier molecular flexibility index (Phi) is 4.44. The Morgan fingerprint density at radius 2 is 1.50 bits per heavy atom. The van der Waals surface area contributed by atoms with Crippen molar-refractivity contribution in [3.05, 3.63) is 28.3 Å². The highest BCUT2D eigenvalue weighted by Crippen LogP contribution is 2.29. The fourth-order valence-electron chi connectivity index (χ4n) is 2.34. The van der Waals surface area contributed by atoms with Gasteiger partial charge < -0.3 is 10.6 Å². The Bertz CT molecular complexity index is 401. The maximum Gasteiger partial charge on any atom is 0.0428 e. The van der Waals surface area contributed by atoms with E-state index < -0.39 is 0 Å². The third-order valence-electron chi connectivity index (χ3n) is 3.80. The molecule has 1 aromatic carbocycles. The van der Waals surface area contributed by atoms with Gasteiger partial charge in [-0.1, -0.05) is 6.07 Å². The van der Waals surface area contributed by atoms with Gasteiger partial charge in [-0.2, -0.15) is 0 Å². The number of hydrogen-bond donors (Lipinski definition) is 1. The van der Waals surface area contributed by atoms with Gasteiger partial charge in [0.25, 0.3) is 0 Å². The molecular weight excluding hydrogens is 220 g/mol. The van der Waals surface area contributed by atoms with Crippen LogP contribution in [-0.2, 0) is 0 Å². The van der Waals surface area contributed by atoms with Crippen LogP contribution < -0.4 is 10.6 Å². The van der Waals surface area contributed by atoms with E-state index in [4.69, 9.17) is 5.73 Å². The summed E-state index contributed by atoms with van der Waals surface area (Å²) in [7, 11) is 2.17. The second kappa shape index (κ2) is 5.31. The fourth-order valence-corrected chi connectivity index (χ4v) is 2.34. The number of nitrogens with zero attached hydrogens (tertiary/aromatic N) is 1. The zero-order chi connectivity index (χ0) is 14.1. The van der Waals surface area contributed by atoms with E-state index >= 15 is 0 Å². The lowest BCUT2D eigenvalue weighted by Gasteiger charge is -2.29. The predicted octanol–water partition coefficient (Wildman–Crippen LogP) is 3.48. The molecule has 0 unspecified atom stereocenters. The summed E-state index contributed by atoms with van der Waals surface area (Å²) in [6.07, 6.45) is 0.995. The molecule has 0 saturated heterocycles. The van der Waals surface area contributed by atoms with Gasteiger partial charge in [0, 0.05) is 24.8 Å². The first-order chi connectivity index (χ1) is 8.13. The normalized spacial score (nSPS) is 11.8. The summed E-state index contributed by atoms with van der Waals surface area (Å²) in [4.78, 5) is 2.35. The molecule has 102 valence electrons. The maximum absolute atomic E-state index is 6.07. The SMILES string of the molecule is Cc1cc(C)c(C)c(N(C)CCC(C)(C)N)c1C. The lowest BCUT2D eigenvalue weighted by molar-refractivity contribution is 0.479. The molecule has 0 aliphatic heterocycles. The molecule has 0 bridgehead atoms. The van der Waals surface area contributed by atoms with E-state index in [1.807, 2.05) is 0 Å². The van der Waals surface area contributed by atoms with Gasteiger partial charge in [0.1, 0.15) is 0 Å². The molecule has 0 aliphatic carbocycles. The Balaban J connectivity index is 3.02. The van der Waals surface area contributed by atoms with Crippen LogP contribution >= 0.6 is 0 Å². The number of nitrogens with two attached hydrogens (primary N) is 1. The van der Waals surface area contributed by atoms with Crippen molar-refractivity contribution in [3.8, 4) is 0 Å². The van der Waals surface area contributed by atoms with Crippen LogP contribution in [0.15, 0.2) is 6.07 Å². The highest BCUT2D eigenvalue weighted by atomic mass is 15.1. The largest absolute Gasteiger partial charge is 0.374 e. The molecule has 0 aromatic heterocycles. The Morgan fingerprint density at radius 1 is 1.06 bits per heavy atom. The Morgan fingerprint density at radius 3 is 1.89 bits per heavy atom. The number of aryl methyl sites for hydroxylation is 2. The van der Waals surface area contributed by atoms with Gasteiger partial charge in [0.05, 0.1) is 0 Å². The van der Waals surface area contributed by atoms with Crippen LogP contribution in [0.2, 0.25) is 0 Å². The van der Waals surface area contributed by atoms with E-state index in [2.05, 4.69) is 59.6 Å². The lowest BCUT2D eigenvalue weighted by atomic mass is 9.97. The van der Waals surface area contributed by atoms with E-state index in [9.17, 15) is 0 Å². The molecule has 0 aliphatic rings. The number of rotatable bonds is 4. The molecular formula is C16H28N2. The van der Waals surface area contributed by atoms with Gasteiger partial charge in [-0.15, -0.1) is 0 Å². The standard InChI is InChI=1S/C16H28N2/c1-11-10-12(2)14(4)15(13(11)3)18(7)9-8-16(5,6)17/h10H,8-9,17H2,1-7H3. The van der Waals surface area contributed by atoms with Gasteiger partial charge in [-0.05, 0) is 70.2 Å². The molecule has 0 spiro atoms. The van der Waals surface area contributed by atoms with Gasteiger partial charge in [-0.3, -0.25) is 0 Å². The van der Waals surface area contributed by atoms with Crippen LogP contribution in [0, 0.1) is 27.7 Å². The Labute approximate surface area is 112 Å². The third-order valence-corrected chi connectivity index (χ3v) is 3.80. The molecule has 2 nitrogen and oxygen atoms in total. The van der Waals surface area contributed by atoms with Crippen molar-refractivity contribution >= 4 is 5.69 Å². The summed E-state index contributed by atoms with van der Waals surface area (Å²) in [5.74, 6) is 0. The molecule has 0 saturated carbocycles. The minimum Gasteiger partial charge on any atom is -0.374 e. The minimum absolute atomic E-state index is 0.102. The van der Waals surface area contributed by atoms with Gasteiger partial charge in [-0.25, -0.2) is 0 Å². The highest BCUT2D eigenvalue weighted by molar-refractivity contribution is 5.63. The van der Waals surface area contributed by atoms with Crippen LogP contribution in [0.5, 0.6) is 0 Å². The van der Waals surface area contributed by atoms with E-state index in [1.165, 1.54) is 27.9 Å². The number of benzene rings is 1. The van der Waals surface area contributed by atoms with E-state index in [-0.39, 0.29) is 5.54 Å². The van der Waals surface area contributed by atoms with Crippen molar-refractivity contribution in [2.24, 2.45) is 5.73 Å². The average molecular weight is 248 g/mol. The fraction of sp³-hybridized carbons (Fsp3) is 0.625. The van der Waals surface area contributed by atoms with Crippen LogP contribution in [0.3, 0.4) is 0 Å². The molecule has 0 heterocycles. The first-order valence-corrected chi connectivity index (χ1v) is 6.71. The zero-order valence-electron chi connectivity index (χ0n) is 13.0. The summed E-state index contributed by atoms with van der Waals surface area (Å²) < 4.78 is 0. The molecule has 0 radical (unpaired) electrons. The first kappa shape index (κ1) is 15.0. The van der Waals surface area contributed by atoms with E-state index in [0.29, 0.717) is 0 Å². The van der Waals surface area contributed by atoms with E-state index in [1.54, 1.807) is 0 Å². The van der Waals surface area contributed by atoms with Gasteiger partial charge in [0.2, 0.25) is 0 Å². The monoisotopic (exact) mass is 248 g/mol. The molecule has 1 rings (SSSR count). The van der Waals surface area contributed by atoms with Crippen molar-refractivity contribution in [2.75, 3.05) is 18.5 Å². The second-order valence-corrected chi connectivity index (χ2v) is 6.27. The molecule has 0 atom stereocenters. The smallest absolute Gasteiger partial charge is 0.0428 e. The first-order valence-electron chi connectivity index (χ1n) is 6.71. The van der Waals surface area contributed by atoms with E-state index in [0.717, 1.165) is 13.0 Å². The zero-order valence-corrected chi connectivity index (χ0v) is 13.0. The lowest BCUT2D eigenvalue weighted by Crippen LogP contribution is -2.36. The quantitative estimate of drug-likeness (QED) is 0.884. The predicted molar refractivity (Wildman–Crippen MR) is 81.5 cm³/mol. The number of anilines is 1. The summed E-state index contributed by atoms with van der Waals surface area (Å²) >= 11 is 0. The van der Waals surface area contributed by atoms with Crippen LogP contribution in [-0.4, -0.2) is 19.1 Å². The maximum atomic E-state index is 6.07. The minimum atomic E-state index is -0.102. The summed E-state index contributed by atoms with van der Waals surface area (Å²) in [6, 6.07) is 2.27.